The number of ketones is 1. The van der Waals surface area contributed by atoms with Crippen molar-refractivity contribution in [2.45, 2.75) is 26.8 Å². The van der Waals surface area contributed by atoms with Crippen LogP contribution >= 0.6 is 0 Å². The van der Waals surface area contributed by atoms with Gasteiger partial charge >= 0.3 is 0 Å². The Kier molecular flexibility index (Phi) is 4.18. The van der Waals surface area contributed by atoms with Crippen molar-refractivity contribution < 1.29 is 14.0 Å². The maximum Gasteiger partial charge on any atom is 0.299 e. The molecule has 108 valence electrons. The van der Waals surface area contributed by atoms with Crippen molar-refractivity contribution in [1.29, 1.82) is 0 Å². The normalized spacial score (nSPS) is 15.9. The van der Waals surface area contributed by atoms with Gasteiger partial charge in [-0.05, 0) is 30.7 Å². The van der Waals surface area contributed by atoms with Crippen molar-refractivity contribution in [1.82, 2.24) is 5.32 Å². The number of amides is 1. The van der Waals surface area contributed by atoms with Gasteiger partial charge in [-0.15, -0.1) is 0 Å². The minimum Gasteiger partial charge on any atom is -0.314 e. The molecule has 0 bridgehead atoms. The summed E-state index contributed by atoms with van der Waals surface area (Å²) >= 11 is 0. The molecule has 0 spiro atoms. The number of carbonyl (C=O) groups excluding carboxylic acids is 2. The first-order chi connectivity index (χ1) is 9.40. The molecule has 1 aliphatic rings. The van der Waals surface area contributed by atoms with E-state index < -0.39 is 17.5 Å². The lowest BCUT2D eigenvalue weighted by Crippen LogP contribution is -2.38. The summed E-state index contributed by atoms with van der Waals surface area (Å²) in [7, 11) is 0. The lowest BCUT2D eigenvalue weighted by molar-refractivity contribution is -0.114. The van der Waals surface area contributed by atoms with Crippen LogP contribution in [0.15, 0.2) is 18.2 Å². The molecule has 0 radical (unpaired) electrons. The third kappa shape index (κ3) is 2.88. The first kappa shape index (κ1) is 14.7. The van der Waals surface area contributed by atoms with Crippen molar-refractivity contribution in [3.63, 3.8) is 0 Å². The highest BCUT2D eigenvalue weighted by Gasteiger charge is 2.36. The highest BCUT2D eigenvalue weighted by Crippen LogP contribution is 2.30. The first-order valence-corrected chi connectivity index (χ1v) is 6.79. The van der Waals surface area contributed by atoms with Gasteiger partial charge in [-0.2, -0.15) is 0 Å². The van der Waals surface area contributed by atoms with Crippen LogP contribution in [0.3, 0.4) is 0 Å². The average Bonchev–Trinajstić information content (AvgIpc) is 2.61. The van der Waals surface area contributed by atoms with Gasteiger partial charge in [-0.1, -0.05) is 20.8 Å². The Balaban J connectivity index is 2.15. The van der Waals surface area contributed by atoms with Gasteiger partial charge < -0.3 is 10.2 Å². The second-order valence-corrected chi connectivity index (χ2v) is 5.57. The van der Waals surface area contributed by atoms with Gasteiger partial charge in [0.1, 0.15) is 5.82 Å². The van der Waals surface area contributed by atoms with E-state index in [2.05, 4.69) is 5.32 Å². The minimum absolute atomic E-state index is 0.170. The van der Waals surface area contributed by atoms with Crippen molar-refractivity contribution >= 4 is 17.4 Å². The van der Waals surface area contributed by atoms with Gasteiger partial charge in [0.05, 0.1) is 11.3 Å². The van der Waals surface area contributed by atoms with Gasteiger partial charge in [0.2, 0.25) is 0 Å². The second-order valence-electron chi connectivity index (χ2n) is 5.57. The smallest absolute Gasteiger partial charge is 0.299 e. The summed E-state index contributed by atoms with van der Waals surface area (Å²) in [5, 5.41) is 3.28. The van der Waals surface area contributed by atoms with Crippen LogP contribution in [0, 0.1) is 11.7 Å². The van der Waals surface area contributed by atoms with Crippen LogP contribution in [-0.4, -0.2) is 30.8 Å². The molecule has 2 rings (SSSR count). The first-order valence-electron chi connectivity index (χ1n) is 6.79. The van der Waals surface area contributed by atoms with E-state index in [0.717, 1.165) is 6.54 Å². The number of hydrogen-bond donors (Lipinski definition) is 1. The molecule has 1 heterocycles. The van der Waals surface area contributed by atoms with Crippen LogP contribution in [0.2, 0.25) is 0 Å². The number of carbonyl (C=O) groups is 2. The van der Waals surface area contributed by atoms with Crippen LogP contribution in [0.1, 0.15) is 31.1 Å². The van der Waals surface area contributed by atoms with Crippen molar-refractivity contribution in [3.05, 3.63) is 29.6 Å². The van der Waals surface area contributed by atoms with E-state index in [4.69, 9.17) is 0 Å². The number of nitrogens with one attached hydrogen (secondary N) is 1. The van der Waals surface area contributed by atoms with Crippen LogP contribution in [0.5, 0.6) is 0 Å². The fourth-order valence-electron chi connectivity index (χ4n) is 2.26. The zero-order valence-electron chi connectivity index (χ0n) is 11.9. The summed E-state index contributed by atoms with van der Waals surface area (Å²) in [5.74, 6) is -1.39. The van der Waals surface area contributed by atoms with Crippen LogP contribution < -0.4 is 10.2 Å². The quantitative estimate of drug-likeness (QED) is 0.838. The molecule has 0 aromatic heterocycles. The van der Waals surface area contributed by atoms with E-state index in [-0.39, 0.29) is 5.92 Å². The largest absolute Gasteiger partial charge is 0.314 e. The standard InChI is InChI=1S/C15H19FN2O2/c1-9(2)17-7-10(3)8-18-13-6-11(16)4-5-12(13)14(19)15(18)20/h4-6,9-10,17H,7-8H2,1-3H3. The third-order valence-electron chi connectivity index (χ3n) is 3.30. The van der Waals surface area contributed by atoms with Crippen LogP contribution in [-0.2, 0) is 4.79 Å². The Hall–Kier alpha value is -1.75. The molecule has 1 unspecified atom stereocenters. The van der Waals surface area contributed by atoms with Gasteiger partial charge in [0, 0.05) is 12.6 Å². The molecule has 0 saturated heterocycles. The summed E-state index contributed by atoms with van der Waals surface area (Å²) in [6.45, 7) is 7.22. The Labute approximate surface area is 118 Å². The van der Waals surface area contributed by atoms with Gasteiger partial charge in [0.25, 0.3) is 11.7 Å². The SMILES string of the molecule is CC(CNC(C)C)CN1C(=O)C(=O)c2ccc(F)cc21. The number of Topliss-reactive ketones (excluding diaryl/α,β-unsaturated/α-hetero) is 1. The molecular weight excluding hydrogens is 259 g/mol. The van der Waals surface area contributed by atoms with E-state index in [1.54, 1.807) is 0 Å². The third-order valence-corrected chi connectivity index (χ3v) is 3.30. The van der Waals surface area contributed by atoms with Crippen molar-refractivity contribution in [3.8, 4) is 0 Å². The Morgan fingerprint density at radius 2 is 1.95 bits per heavy atom. The van der Waals surface area contributed by atoms with E-state index >= 15 is 0 Å². The second kappa shape index (κ2) is 5.71. The monoisotopic (exact) mass is 278 g/mol. The molecule has 1 amide bonds. The number of rotatable bonds is 5. The van der Waals surface area contributed by atoms with Crippen molar-refractivity contribution in [2.75, 3.05) is 18.0 Å². The molecule has 1 N–H and O–H groups in total. The highest BCUT2D eigenvalue weighted by molar-refractivity contribution is 6.52. The van der Waals surface area contributed by atoms with Crippen LogP contribution in [0.4, 0.5) is 10.1 Å². The van der Waals surface area contributed by atoms with Gasteiger partial charge in [0.15, 0.2) is 0 Å². The zero-order valence-corrected chi connectivity index (χ0v) is 11.9. The number of fused-ring (bicyclic) bond motifs is 1. The lowest BCUT2D eigenvalue weighted by Gasteiger charge is -2.22. The summed E-state index contributed by atoms with van der Waals surface area (Å²) in [5.41, 5.74) is 0.678. The number of nitrogens with zero attached hydrogens (tertiary/aromatic N) is 1. The van der Waals surface area contributed by atoms with Crippen LogP contribution in [0.25, 0.3) is 0 Å². The zero-order chi connectivity index (χ0) is 14.9. The summed E-state index contributed by atoms with van der Waals surface area (Å²) in [6, 6.07) is 4.19. The molecule has 20 heavy (non-hydrogen) atoms. The molecule has 5 heteroatoms. The lowest BCUT2D eigenvalue weighted by atomic mass is 10.1. The fraction of sp³-hybridized carbons (Fsp3) is 0.467. The Morgan fingerprint density at radius 1 is 1.25 bits per heavy atom. The number of benzene rings is 1. The molecular formula is C15H19FN2O2. The predicted octanol–water partition coefficient (Wildman–Crippen LogP) is 1.99. The molecule has 1 atom stereocenters. The van der Waals surface area contributed by atoms with E-state index in [1.165, 1.54) is 23.1 Å². The molecule has 1 aliphatic heterocycles. The van der Waals surface area contributed by atoms with E-state index in [0.29, 0.717) is 23.8 Å². The summed E-state index contributed by atoms with van der Waals surface area (Å²) in [4.78, 5) is 25.2. The molecule has 0 saturated carbocycles. The maximum absolute atomic E-state index is 13.3. The van der Waals surface area contributed by atoms with E-state index in [9.17, 15) is 14.0 Å². The maximum atomic E-state index is 13.3. The van der Waals surface area contributed by atoms with E-state index in [1.807, 2.05) is 20.8 Å². The number of anilines is 1. The highest BCUT2D eigenvalue weighted by atomic mass is 19.1. The number of halogens is 1. The molecule has 4 nitrogen and oxygen atoms in total. The average molecular weight is 278 g/mol. The Bertz CT molecular complexity index is 543. The predicted molar refractivity (Wildman–Crippen MR) is 75.4 cm³/mol. The molecule has 1 aromatic rings. The van der Waals surface area contributed by atoms with Crippen molar-refractivity contribution in [2.24, 2.45) is 5.92 Å². The minimum atomic E-state index is -0.568. The summed E-state index contributed by atoms with van der Waals surface area (Å²) < 4.78 is 13.3. The fourth-order valence-corrected chi connectivity index (χ4v) is 2.26. The molecule has 0 aliphatic carbocycles. The molecule has 0 fully saturated rings. The number of hydrogen-bond acceptors (Lipinski definition) is 3. The Morgan fingerprint density at radius 3 is 2.60 bits per heavy atom. The van der Waals surface area contributed by atoms with Gasteiger partial charge in [-0.3, -0.25) is 9.59 Å². The topological polar surface area (TPSA) is 49.4 Å². The molecule has 1 aromatic carbocycles. The van der Waals surface area contributed by atoms with Gasteiger partial charge in [-0.25, -0.2) is 4.39 Å². The summed E-state index contributed by atoms with van der Waals surface area (Å²) in [6.07, 6.45) is 0.